The van der Waals surface area contributed by atoms with Gasteiger partial charge >= 0.3 is 5.97 Å². The van der Waals surface area contributed by atoms with E-state index in [2.05, 4.69) is 6.92 Å². The van der Waals surface area contributed by atoms with Gasteiger partial charge in [-0.25, -0.2) is 4.79 Å². The summed E-state index contributed by atoms with van der Waals surface area (Å²) < 4.78 is 16.7. The molecule has 0 bridgehead atoms. The number of hydrogen-bond donors (Lipinski definition) is 0. The number of esters is 1. The zero-order valence-electron chi connectivity index (χ0n) is 13.5. The molecule has 1 aliphatic heterocycles. The number of benzene rings is 1. The third kappa shape index (κ3) is 3.91. The standard InChI is InChI=1S/C17H21ClO5/c1-11-9-10-17(21-3,23-12(11)2)14(15(18)19)22-16(20)13-7-5-4-6-8-13/h4-8,11-12,14H,9-10H2,1-3H3. The first kappa shape index (κ1) is 17.9. The number of carbonyl (C=O) groups excluding carboxylic acids is 2. The first-order chi connectivity index (χ1) is 10.9. The van der Waals surface area contributed by atoms with Crippen molar-refractivity contribution in [3.8, 4) is 0 Å². The molecule has 1 saturated heterocycles. The van der Waals surface area contributed by atoms with Gasteiger partial charge in [-0.15, -0.1) is 0 Å². The maximum atomic E-state index is 12.3. The van der Waals surface area contributed by atoms with Gasteiger partial charge in [-0.1, -0.05) is 25.1 Å². The van der Waals surface area contributed by atoms with Gasteiger partial charge in [0.15, 0.2) is 0 Å². The normalized spacial score (nSPS) is 28.9. The maximum Gasteiger partial charge on any atom is 0.339 e. The van der Waals surface area contributed by atoms with Gasteiger partial charge < -0.3 is 14.2 Å². The van der Waals surface area contributed by atoms with Crippen molar-refractivity contribution in [3.05, 3.63) is 35.9 Å². The fourth-order valence-corrected chi connectivity index (χ4v) is 2.87. The van der Waals surface area contributed by atoms with Crippen LogP contribution in [0.3, 0.4) is 0 Å². The number of hydrogen-bond acceptors (Lipinski definition) is 5. The van der Waals surface area contributed by atoms with Crippen LogP contribution >= 0.6 is 11.6 Å². The highest BCUT2D eigenvalue weighted by Crippen LogP contribution is 2.37. The van der Waals surface area contributed by atoms with Gasteiger partial charge in [-0.3, -0.25) is 4.79 Å². The summed E-state index contributed by atoms with van der Waals surface area (Å²) in [5, 5.41) is -0.821. The van der Waals surface area contributed by atoms with E-state index in [9.17, 15) is 9.59 Å². The van der Waals surface area contributed by atoms with Crippen molar-refractivity contribution in [1.82, 2.24) is 0 Å². The fraction of sp³-hybridized carbons (Fsp3) is 0.529. The van der Waals surface area contributed by atoms with E-state index in [1.54, 1.807) is 30.3 Å². The Balaban J connectivity index is 2.23. The number of halogens is 1. The summed E-state index contributed by atoms with van der Waals surface area (Å²) in [5.74, 6) is -1.68. The van der Waals surface area contributed by atoms with E-state index >= 15 is 0 Å². The minimum absolute atomic E-state index is 0.141. The molecule has 0 spiro atoms. The van der Waals surface area contributed by atoms with Gasteiger partial charge in [0.25, 0.3) is 5.24 Å². The molecule has 0 aromatic heterocycles. The molecule has 1 aromatic carbocycles. The summed E-state index contributed by atoms with van der Waals surface area (Å²) >= 11 is 5.68. The van der Waals surface area contributed by atoms with E-state index < -0.39 is 23.1 Å². The highest BCUT2D eigenvalue weighted by atomic mass is 35.5. The molecule has 6 heteroatoms. The largest absolute Gasteiger partial charge is 0.443 e. The lowest BCUT2D eigenvalue weighted by molar-refractivity contribution is -0.305. The predicted molar refractivity (Wildman–Crippen MR) is 85.2 cm³/mol. The second-order valence-electron chi connectivity index (χ2n) is 5.81. The van der Waals surface area contributed by atoms with Gasteiger partial charge in [0.05, 0.1) is 11.7 Å². The van der Waals surface area contributed by atoms with Crippen LogP contribution in [-0.2, 0) is 19.0 Å². The maximum absolute atomic E-state index is 12.3. The van der Waals surface area contributed by atoms with Crippen LogP contribution in [0.4, 0.5) is 0 Å². The van der Waals surface area contributed by atoms with Crippen LogP contribution in [-0.4, -0.2) is 36.3 Å². The third-order valence-electron chi connectivity index (χ3n) is 4.32. The minimum Gasteiger partial charge on any atom is -0.443 e. The van der Waals surface area contributed by atoms with Crippen LogP contribution in [0, 0.1) is 5.92 Å². The van der Waals surface area contributed by atoms with Crippen molar-refractivity contribution in [3.63, 3.8) is 0 Å². The van der Waals surface area contributed by atoms with Gasteiger partial charge in [0, 0.05) is 13.5 Å². The monoisotopic (exact) mass is 340 g/mol. The molecule has 0 saturated carbocycles. The SMILES string of the molecule is COC1(C(OC(=O)c2ccccc2)C(=O)Cl)CCC(C)C(C)O1. The first-order valence-electron chi connectivity index (χ1n) is 7.58. The third-order valence-corrected chi connectivity index (χ3v) is 4.52. The fourth-order valence-electron chi connectivity index (χ4n) is 2.66. The second kappa shape index (κ2) is 7.43. The molecule has 5 nitrogen and oxygen atoms in total. The summed E-state index contributed by atoms with van der Waals surface area (Å²) in [7, 11) is 1.42. The Hall–Kier alpha value is -1.43. The molecule has 126 valence electrons. The summed E-state index contributed by atoms with van der Waals surface area (Å²) in [6, 6.07) is 8.40. The molecule has 1 fully saturated rings. The van der Waals surface area contributed by atoms with Gasteiger partial charge in [0.2, 0.25) is 11.9 Å². The number of ether oxygens (including phenoxy) is 3. The number of rotatable bonds is 5. The lowest BCUT2D eigenvalue weighted by atomic mass is 9.90. The quantitative estimate of drug-likeness (QED) is 0.608. The molecule has 2 rings (SSSR count). The molecule has 23 heavy (non-hydrogen) atoms. The molecular weight excluding hydrogens is 320 g/mol. The van der Waals surface area contributed by atoms with Crippen molar-refractivity contribution in [1.29, 1.82) is 0 Å². The van der Waals surface area contributed by atoms with Crippen molar-refractivity contribution in [2.45, 2.75) is 44.7 Å². The van der Waals surface area contributed by atoms with E-state index in [1.807, 2.05) is 6.92 Å². The van der Waals surface area contributed by atoms with Crippen LogP contribution < -0.4 is 0 Å². The topological polar surface area (TPSA) is 61.8 Å². The lowest BCUT2D eigenvalue weighted by Crippen LogP contribution is -2.56. The molecular formula is C17H21ClO5. The van der Waals surface area contributed by atoms with Crippen molar-refractivity contribution >= 4 is 22.8 Å². The molecule has 1 heterocycles. The highest BCUT2D eigenvalue weighted by molar-refractivity contribution is 6.64. The molecule has 4 atom stereocenters. The first-order valence-corrected chi connectivity index (χ1v) is 7.96. The molecule has 0 N–H and O–H groups in total. The van der Waals surface area contributed by atoms with E-state index in [-0.39, 0.29) is 6.10 Å². The average molecular weight is 341 g/mol. The van der Waals surface area contributed by atoms with Crippen LogP contribution in [0.1, 0.15) is 37.0 Å². The number of methoxy groups -OCH3 is 1. The van der Waals surface area contributed by atoms with Gasteiger partial charge in [-0.05, 0) is 43.0 Å². The molecule has 1 aliphatic rings. The Morgan fingerprint density at radius 2 is 1.96 bits per heavy atom. The summed E-state index contributed by atoms with van der Waals surface area (Å²) in [6.07, 6.45) is -0.270. The minimum atomic E-state index is -1.35. The second-order valence-corrected chi connectivity index (χ2v) is 6.18. The summed E-state index contributed by atoms with van der Waals surface area (Å²) in [6.45, 7) is 3.95. The van der Waals surface area contributed by atoms with Crippen molar-refractivity contribution in [2.75, 3.05) is 7.11 Å². The Kier molecular flexibility index (Phi) is 5.79. The van der Waals surface area contributed by atoms with Crippen LogP contribution in [0.15, 0.2) is 30.3 Å². The highest BCUT2D eigenvalue weighted by Gasteiger charge is 2.51. The molecule has 0 aliphatic carbocycles. The van der Waals surface area contributed by atoms with Crippen LogP contribution in [0.5, 0.6) is 0 Å². The van der Waals surface area contributed by atoms with Gasteiger partial charge in [0.1, 0.15) is 0 Å². The predicted octanol–water partition coefficient (Wildman–Crippen LogP) is 3.16. The Morgan fingerprint density at radius 1 is 1.30 bits per heavy atom. The molecule has 0 radical (unpaired) electrons. The lowest BCUT2D eigenvalue weighted by Gasteiger charge is -2.44. The Morgan fingerprint density at radius 3 is 2.48 bits per heavy atom. The summed E-state index contributed by atoms with van der Waals surface area (Å²) in [4.78, 5) is 24.2. The van der Waals surface area contributed by atoms with E-state index in [4.69, 9.17) is 25.8 Å². The van der Waals surface area contributed by atoms with Crippen LogP contribution in [0.2, 0.25) is 0 Å². The summed E-state index contributed by atoms with van der Waals surface area (Å²) in [5.41, 5.74) is 0.332. The Labute approximate surface area is 140 Å². The van der Waals surface area contributed by atoms with Crippen LogP contribution in [0.25, 0.3) is 0 Å². The molecule has 0 amide bonds. The van der Waals surface area contributed by atoms with Gasteiger partial charge in [-0.2, -0.15) is 0 Å². The van der Waals surface area contributed by atoms with Crippen molar-refractivity contribution < 1.29 is 23.8 Å². The zero-order valence-corrected chi connectivity index (χ0v) is 14.2. The smallest absolute Gasteiger partial charge is 0.339 e. The Bertz CT molecular complexity index is 561. The molecule has 4 unspecified atom stereocenters. The van der Waals surface area contributed by atoms with E-state index in [0.717, 1.165) is 6.42 Å². The van der Waals surface area contributed by atoms with Crippen molar-refractivity contribution in [2.24, 2.45) is 5.92 Å². The van der Waals surface area contributed by atoms with E-state index in [1.165, 1.54) is 7.11 Å². The van der Waals surface area contributed by atoms with E-state index in [0.29, 0.717) is 17.9 Å². The molecule has 1 aromatic rings. The zero-order chi connectivity index (χ0) is 17.0. The number of carbonyl (C=O) groups is 2. The average Bonchev–Trinajstić information content (AvgIpc) is 2.56.